The molecule has 3 heteroatoms. The monoisotopic (exact) mass is 270 g/mol. The molecule has 0 heterocycles. The Morgan fingerprint density at radius 1 is 1.26 bits per heavy atom. The van der Waals surface area contributed by atoms with Crippen molar-refractivity contribution in [2.45, 2.75) is 71.6 Å². The summed E-state index contributed by atoms with van der Waals surface area (Å²) in [4.78, 5) is 11.1. The number of rotatable bonds is 5. The molecule has 0 aromatic carbocycles. The lowest BCUT2D eigenvalue weighted by atomic mass is 9.64. The normalized spacial score (nSPS) is 25.3. The van der Waals surface area contributed by atoms with Gasteiger partial charge in [0.2, 0.25) is 6.43 Å². The highest BCUT2D eigenvalue weighted by Crippen LogP contribution is 2.51. The van der Waals surface area contributed by atoms with Crippen molar-refractivity contribution in [3.8, 4) is 0 Å². The summed E-state index contributed by atoms with van der Waals surface area (Å²) in [6, 6.07) is 0. The van der Waals surface area contributed by atoms with Gasteiger partial charge in [-0.3, -0.25) is 4.79 Å². The second-order valence-electron chi connectivity index (χ2n) is 7.10. The molecule has 0 saturated heterocycles. The van der Waals surface area contributed by atoms with E-state index in [0.717, 1.165) is 43.1 Å². The van der Waals surface area contributed by atoms with Crippen LogP contribution < -0.4 is 0 Å². The lowest BCUT2D eigenvalue weighted by Crippen LogP contribution is -2.37. The predicted molar refractivity (Wildman–Crippen MR) is 72.2 cm³/mol. The molecule has 0 aromatic heterocycles. The molecule has 108 valence electrons. The summed E-state index contributed by atoms with van der Waals surface area (Å²) in [5, 5.41) is 0. The fourth-order valence-electron chi connectivity index (χ4n) is 3.43. The van der Waals surface area contributed by atoms with E-state index in [1.54, 1.807) is 0 Å². The van der Waals surface area contributed by atoms with Gasteiger partial charge in [0, 0.05) is 5.41 Å². The first-order chi connectivity index (χ1) is 8.88. The highest BCUT2D eigenvalue weighted by atomic mass is 19.3. The van der Waals surface area contributed by atoms with Crippen molar-refractivity contribution < 1.29 is 13.6 Å². The molecule has 0 aliphatic heterocycles. The third-order valence-electron chi connectivity index (χ3n) is 5.10. The second-order valence-corrected chi connectivity index (χ2v) is 7.10. The minimum Gasteiger partial charge on any atom is -0.298 e. The molecular formula is C16H24F2O. The Hall–Kier alpha value is -0.730. The first-order valence-corrected chi connectivity index (χ1v) is 7.33. The Bertz CT molecular complexity index is 378. The molecular weight excluding hydrogens is 246 g/mol. The standard InChI is InChI=1S/C16H24F2O/c1-15(2)8-4-13(11-19)12(10-15)5-9-16(14(17)18)6-3-7-16/h11,14H,3-10H2,1-2H3. The van der Waals surface area contributed by atoms with Crippen LogP contribution >= 0.6 is 0 Å². The van der Waals surface area contributed by atoms with Crippen molar-refractivity contribution in [3.05, 3.63) is 11.1 Å². The molecule has 1 fully saturated rings. The molecule has 2 aliphatic carbocycles. The average molecular weight is 270 g/mol. The van der Waals surface area contributed by atoms with E-state index in [4.69, 9.17) is 0 Å². The minimum absolute atomic E-state index is 0.208. The van der Waals surface area contributed by atoms with Gasteiger partial charge in [-0.1, -0.05) is 25.8 Å². The van der Waals surface area contributed by atoms with Crippen molar-refractivity contribution in [2.75, 3.05) is 0 Å². The number of carbonyl (C=O) groups is 1. The van der Waals surface area contributed by atoms with Crippen LogP contribution in [0.5, 0.6) is 0 Å². The van der Waals surface area contributed by atoms with Gasteiger partial charge in [-0.05, 0) is 55.9 Å². The summed E-state index contributed by atoms with van der Waals surface area (Å²) in [5.41, 5.74) is 1.48. The lowest BCUT2D eigenvalue weighted by molar-refractivity contribution is -0.105. The zero-order valence-corrected chi connectivity index (χ0v) is 12.0. The van der Waals surface area contributed by atoms with Gasteiger partial charge in [0.05, 0.1) is 0 Å². The van der Waals surface area contributed by atoms with Crippen LogP contribution in [0.15, 0.2) is 11.1 Å². The van der Waals surface area contributed by atoms with E-state index in [9.17, 15) is 13.6 Å². The van der Waals surface area contributed by atoms with Crippen LogP contribution in [0.2, 0.25) is 0 Å². The fourth-order valence-corrected chi connectivity index (χ4v) is 3.43. The Labute approximate surface area is 114 Å². The molecule has 0 radical (unpaired) electrons. The molecule has 1 nitrogen and oxygen atoms in total. The summed E-state index contributed by atoms with van der Waals surface area (Å²) in [6.07, 6.45) is 4.91. The van der Waals surface area contributed by atoms with Crippen LogP contribution in [0.4, 0.5) is 8.78 Å². The number of allylic oxidation sites excluding steroid dienone is 2. The maximum atomic E-state index is 13.1. The second kappa shape index (κ2) is 5.34. The number of alkyl halides is 2. The molecule has 0 aromatic rings. The fraction of sp³-hybridized carbons (Fsp3) is 0.812. The van der Waals surface area contributed by atoms with Gasteiger partial charge >= 0.3 is 0 Å². The maximum Gasteiger partial charge on any atom is 0.244 e. The highest BCUT2D eigenvalue weighted by molar-refractivity contribution is 5.75. The van der Waals surface area contributed by atoms with Crippen molar-refractivity contribution in [1.29, 1.82) is 0 Å². The average Bonchev–Trinajstić information content (AvgIpc) is 2.26. The SMILES string of the molecule is CC1(C)CCC(C=O)=C(CCC2(C(F)F)CCC2)C1. The van der Waals surface area contributed by atoms with E-state index in [1.807, 2.05) is 0 Å². The van der Waals surface area contributed by atoms with Crippen molar-refractivity contribution >= 4 is 6.29 Å². The van der Waals surface area contributed by atoms with Gasteiger partial charge in [-0.2, -0.15) is 0 Å². The number of aldehydes is 1. The van der Waals surface area contributed by atoms with Gasteiger partial charge in [-0.25, -0.2) is 8.78 Å². The van der Waals surface area contributed by atoms with Crippen LogP contribution in [-0.2, 0) is 4.79 Å². The molecule has 0 amide bonds. The Morgan fingerprint density at radius 3 is 2.42 bits per heavy atom. The third kappa shape index (κ3) is 3.06. The van der Waals surface area contributed by atoms with Crippen LogP contribution in [0.25, 0.3) is 0 Å². The minimum atomic E-state index is -2.21. The van der Waals surface area contributed by atoms with Crippen LogP contribution in [0, 0.1) is 10.8 Å². The van der Waals surface area contributed by atoms with Gasteiger partial charge in [-0.15, -0.1) is 0 Å². The van der Waals surface area contributed by atoms with E-state index < -0.39 is 11.8 Å². The van der Waals surface area contributed by atoms with Crippen LogP contribution in [0.1, 0.15) is 65.2 Å². The summed E-state index contributed by atoms with van der Waals surface area (Å²) in [5.74, 6) is 0. The molecule has 2 aliphatic rings. The van der Waals surface area contributed by atoms with E-state index in [2.05, 4.69) is 13.8 Å². The maximum absolute atomic E-state index is 13.1. The summed E-state index contributed by atoms with van der Waals surface area (Å²) < 4.78 is 26.3. The van der Waals surface area contributed by atoms with Crippen molar-refractivity contribution in [2.24, 2.45) is 10.8 Å². The molecule has 0 bridgehead atoms. The lowest BCUT2D eigenvalue weighted by Gasteiger charge is -2.42. The molecule has 1 saturated carbocycles. The first-order valence-electron chi connectivity index (χ1n) is 7.33. The predicted octanol–water partition coefficient (Wildman–Crippen LogP) is 4.91. The quantitative estimate of drug-likeness (QED) is 0.649. The molecule has 0 N–H and O–H groups in total. The summed E-state index contributed by atoms with van der Waals surface area (Å²) in [6.45, 7) is 4.39. The Balaban J connectivity index is 2.04. The largest absolute Gasteiger partial charge is 0.298 e. The van der Waals surface area contributed by atoms with Gasteiger partial charge < -0.3 is 0 Å². The van der Waals surface area contributed by atoms with Crippen molar-refractivity contribution in [3.63, 3.8) is 0 Å². The van der Waals surface area contributed by atoms with E-state index in [0.29, 0.717) is 25.7 Å². The highest BCUT2D eigenvalue weighted by Gasteiger charge is 2.45. The number of hydrogen-bond acceptors (Lipinski definition) is 1. The van der Waals surface area contributed by atoms with E-state index >= 15 is 0 Å². The Kier molecular flexibility index (Phi) is 4.12. The zero-order valence-electron chi connectivity index (χ0n) is 12.0. The first kappa shape index (κ1) is 14.7. The number of halogens is 2. The van der Waals surface area contributed by atoms with Crippen molar-refractivity contribution in [1.82, 2.24) is 0 Å². The molecule has 0 spiro atoms. The van der Waals surface area contributed by atoms with E-state index in [-0.39, 0.29) is 5.41 Å². The molecule has 2 rings (SSSR count). The summed E-state index contributed by atoms with van der Waals surface area (Å²) in [7, 11) is 0. The van der Waals surface area contributed by atoms with Gasteiger partial charge in [0.1, 0.15) is 6.29 Å². The zero-order chi connectivity index (χ0) is 14.1. The van der Waals surface area contributed by atoms with Crippen LogP contribution in [-0.4, -0.2) is 12.7 Å². The summed E-state index contributed by atoms with van der Waals surface area (Å²) >= 11 is 0. The van der Waals surface area contributed by atoms with E-state index in [1.165, 1.54) is 0 Å². The third-order valence-corrected chi connectivity index (χ3v) is 5.10. The molecule has 19 heavy (non-hydrogen) atoms. The number of hydrogen-bond donors (Lipinski definition) is 0. The van der Waals surface area contributed by atoms with Crippen LogP contribution in [0.3, 0.4) is 0 Å². The number of carbonyl (C=O) groups excluding carboxylic acids is 1. The molecule has 0 unspecified atom stereocenters. The molecule has 0 atom stereocenters. The van der Waals surface area contributed by atoms with Gasteiger partial charge in [0.25, 0.3) is 0 Å². The Morgan fingerprint density at radius 2 is 1.95 bits per heavy atom. The topological polar surface area (TPSA) is 17.1 Å². The van der Waals surface area contributed by atoms with Gasteiger partial charge in [0.15, 0.2) is 0 Å². The smallest absolute Gasteiger partial charge is 0.244 e.